The van der Waals surface area contributed by atoms with E-state index in [0.717, 1.165) is 16.2 Å². The first-order valence-corrected chi connectivity index (χ1v) is 8.09. The molecule has 1 N–H and O–H groups in total. The van der Waals surface area contributed by atoms with Gasteiger partial charge in [-0.25, -0.2) is 0 Å². The van der Waals surface area contributed by atoms with E-state index < -0.39 is 11.8 Å². The van der Waals surface area contributed by atoms with Gasteiger partial charge in [0, 0.05) is 18.0 Å². The molecule has 3 amide bonds. The van der Waals surface area contributed by atoms with Crippen molar-refractivity contribution in [3.8, 4) is 5.75 Å². The number of hydrogen-bond donors (Lipinski definition) is 1. The van der Waals surface area contributed by atoms with Gasteiger partial charge in [-0.1, -0.05) is 30.3 Å². The van der Waals surface area contributed by atoms with Crippen molar-refractivity contribution in [2.24, 2.45) is 0 Å². The lowest BCUT2D eigenvalue weighted by Crippen LogP contribution is -2.41. The SMILES string of the molecule is O=C(CN1C(=O)c2ccccc2C1=O)NCC1COc2ccccc21. The van der Waals surface area contributed by atoms with Crippen LogP contribution in [0.2, 0.25) is 0 Å². The lowest BCUT2D eigenvalue weighted by molar-refractivity contribution is -0.121. The van der Waals surface area contributed by atoms with E-state index in [-0.39, 0.29) is 18.4 Å². The quantitative estimate of drug-likeness (QED) is 0.860. The summed E-state index contributed by atoms with van der Waals surface area (Å²) in [6, 6.07) is 14.3. The second-order valence-electron chi connectivity index (χ2n) is 6.09. The zero-order chi connectivity index (χ0) is 17.4. The second-order valence-corrected chi connectivity index (χ2v) is 6.09. The number of amides is 3. The third kappa shape index (κ3) is 2.65. The molecule has 2 aliphatic rings. The fraction of sp³-hybridized carbons (Fsp3) is 0.211. The number of rotatable bonds is 4. The first-order valence-electron chi connectivity index (χ1n) is 8.09. The average molecular weight is 336 g/mol. The summed E-state index contributed by atoms with van der Waals surface area (Å²) in [5.41, 5.74) is 1.75. The average Bonchev–Trinajstić information content (AvgIpc) is 3.15. The van der Waals surface area contributed by atoms with Gasteiger partial charge in [-0.2, -0.15) is 0 Å². The Hall–Kier alpha value is -3.15. The Morgan fingerprint density at radius 1 is 1.04 bits per heavy atom. The van der Waals surface area contributed by atoms with Crippen LogP contribution in [0.1, 0.15) is 32.2 Å². The van der Waals surface area contributed by atoms with E-state index >= 15 is 0 Å². The molecule has 25 heavy (non-hydrogen) atoms. The molecule has 0 fully saturated rings. The number of benzene rings is 2. The van der Waals surface area contributed by atoms with Gasteiger partial charge < -0.3 is 10.1 Å². The van der Waals surface area contributed by atoms with Gasteiger partial charge in [0.2, 0.25) is 5.91 Å². The summed E-state index contributed by atoms with van der Waals surface area (Å²) in [6.07, 6.45) is 0. The van der Waals surface area contributed by atoms with Crippen molar-refractivity contribution in [1.82, 2.24) is 10.2 Å². The van der Waals surface area contributed by atoms with Gasteiger partial charge in [0.25, 0.3) is 11.8 Å². The highest BCUT2D eigenvalue weighted by atomic mass is 16.5. The van der Waals surface area contributed by atoms with Gasteiger partial charge in [0.1, 0.15) is 12.3 Å². The standard InChI is InChI=1S/C19H16N2O4/c22-17(20-9-12-11-25-16-8-4-3-5-13(12)16)10-21-18(23)14-6-1-2-7-15(14)19(21)24/h1-8,12H,9-11H2,(H,20,22). The van der Waals surface area contributed by atoms with Gasteiger partial charge in [-0.3, -0.25) is 19.3 Å². The van der Waals surface area contributed by atoms with E-state index in [0.29, 0.717) is 24.3 Å². The van der Waals surface area contributed by atoms with Crippen LogP contribution >= 0.6 is 0 Å². The molecule has 0 aromatic heterocycles. The molecule has 0 radical (unpaired) electrons. The Kier molecular flexibility index (Phi) is 3.72. The molecule has 2 aliphatic heterocycles. The minimum absolute atomic E-state index is 0.0716. The normalized spacial score (nSPS) is 17.9. The number of hydrogen-bond acceptors (Lipinski definition) is 4. The molecule has 6 heteroatoms. The maximum absolute atomic E-state index is 12.3. The molecule has 0 bridgehead atoms. The largest absolute Gasteiger partial charge is 0.493 e. The topological polar surface area (TPSA) is 75.7 Å². The molecule has 0 spiro atoms. The molecule has 6 nitrogen and oxygen atoms in total. The van der Waals surface area contributed by atoms with Crippen LogP contribution in [0.15, 0.2) is 48.5 Å². The van der Waals surface area contributed by atoms with Gasteiger partial charge >= 0.3 is 0 Å². The second kappa shape index (κ2) is 6.05. The van der Waals surface area contributed by atoms with Crippen molar-refractivity contribution in [1.29, 1.82) is 0 Å². The number of ether oxygens (including phenoxy) is 1. The summed E-state index contributed by atoms with van der Waals surface area (Å²) in [6.45, 7) is 0.632. The van der Waals surface area contributed by atoms with Crippen LogP contribution in [0.25, 0.3) is 0 Å². The molecule has 1 unspecified atom stereocenters. The maximum atomic E-state index is 12.3. The Bertz CT molecular complexity index is 842. The lowest BCUT2D eigenvalue weighted by atomic mass is 10.0. The number of fused-ring (bicyclic) bond motifs is 2. The van der Waals surface area contributed by atoms with Crippen LogP contribution in [0.5, 0.6) is 5.75 Å². The first-order chi connectivity index (χ1) is 12.1. The van der Waals surface area contributed by atoms with E-state index in [1.807, 2.05) is 24.3 Å². The van der Waals surface area contributed by atoms with E-state index in [4.69, 9.17) is 4.74 Å². The van der Waals surface area contributed by atoms with Crippen molar-refractivity contribution in [3.05, 3.63) is 65.2 Å². The van der Waals surface area contributed by atoms with Gasteiger partial charge in [-0.15, -0.1) is 0 Å². The van der Waals surface area contributed by atoms with Crippen LogP contribution in [0.3, 0.4) is 0 Å². The third-order valence-corrected chi connectivity index (χ3v) is 4.52. The Morgan fingerprint density at radius 2 is 1.68 bits per heavy atom. The molecule has 2 heterocycles. The summed E-state index contributed by atoms with van der Waals surface area (Å²) >= 11 is 0. The lowest BCUT2D eigenvalue weighted by Gasteiger charge is -2.15. The molecule has 2 aromatic rings. The molecule has 0 saturated carbocycles. The zero-order valence-electron chi connectivity index (χ0n) is 13.4. The molecule has 126 valence electrons. The summed E-state index contributed by atoms with van der Waals surface area (Å²) in [5.74, 6) is -0.307. The van der Waals surface area contributed by atoms with Crippen LogP contribution in [-0.2, 0) is 4.79 Å². The van der Waals surface area contributed by atoms with E-state index in [1.54, 1.807) is 24.3 Å². The van der Waals surface area contributed by atoms with Gasteiger partial charge in [0.15, 0.2) is 0 Å². The minimum atomic E-state index is -0.426. The van der Waals surface area contributed by atoms with Crippen LogP contribution < -0.4 is 10.1 Å². The third-order valence-electron chi connectivity index (χ3n) is 4.52. The van der Waals surface area contributed by atoms with Crippen molar-refractivity contribution < 1.29 is 19.1 Å². The molecule has 0 saturated heterocycles. The molecule has 1 atom stereocenters. The number of carbonyl (C=O) groups is 3. The Labute approximate surface area is 144 Å². The summed E-state index contributed by atoms with van der Waals surface area (Å²) < 4.78 is 5.58. The fourth-order valence-electron chi connectivity index (χ4n) is 3.22. The highest BCUT2D eigenvalue weighted by Crippen LogP contribution is 2.32. The molecular formula is C19H16N2O4. The van der Waals surface area contributed by atoms with Crippen molar-refractivity contribution >= 4 is 17.7 Å². The van der Waals surface area contributed by atoms with Crippen molar-refractivity contribution in [2.45, 2.75) is 5.92 Å². The van der Waals surface area contributed by atoms with Crippen molar-refractivity contribution in [3.63, 3.8) is 0 Å². The number of imide groups is 1. The number of nitrogens with zero attached hydrogens (tertiary/aromatic N) is 1. The monoisotopic (exact) mass is 336 g/mol. The fourth-order valence-corrected chi connectivity index (χ4v) is 3.22. The summed E-state index contributed by atoms with van der Waals surface area (Å²) in [5, 5.41) is 2.80. The smallest absolute Gasteiger partial charge is 0.262 e. The van der Waals surface area contributed by atoms with E-state index in [9.17, 15) is 14.4 Å². The first kappa shape index (κ1) is 15.4. The van der Waals surface area contributed by atoms with Crippen molar-refractivity contribution in [2.75, 3.05) is 19.7 Å². The summed E-state index contributed by atoms with van der Waals surface area (Å²) in [4.78, 5) is 37.7. The highest BCUT2D eigenvalue weighted by Gasteiger charge is 2.36. The Morgan fingerprint density at radius 3 is 2.40 bits per heavy atom. The zero-order valence-corrected chi connectivity index (χ0v) is 13.4. The van der Waals surface area contributed by atoms with Crippen LogP contribution in [-0.4, -0.2) is 42.3 Å². The minimum Gasteiger partial charge on any atom is -0.493 e. The molecular weight excluding hydrogens is 320 g/mol. The summed E-state index contributed by atoms with van der Waals surface area (Å²) in [7, 11) is 0. The van der Waals surface area contributed by atoms with E-state index in [2.05, 4.69) is 5.32 Å². The number of para-hydroxylation sites is 1. The predicted octanol–water partition coefficient (Wildman–Crippen LogP) is 1.58. The Balaban J connectivity index is 1.38. The van der Waals surface area contributed by atoms with Gasteiger partial charge in [0.05, 0.1) is 17.7 Å². The van der Waals surface area contributed by atoms with Crippen LogP contribution in [0.4, 0.5) is 0 Å². The van der Waals surface area contributed by atoms with E-state index in [1.165, 1.54) is 0 Å². The molecule has 4 rings (SSSR count). The highest BCUT2D eigenvalue weighted by molar-refractivity contribution is 6.22. The predicted molar refractivity (Wildman–Crippen MR) is 89.5 cm³/mol. The number of nitrogens with one attached hydrogen (secondary N) is 1. The number of carbonyl (C=O) groups excluding carboxylic acids is 3. The van der Waals surface area contributed by atoms with Crippen LogP contribution in [0, 0.1) is 0 Å². The van der Waals surface area contributed by atoms with Gasteiger partial charge in [-0.05, 0) is 18.2 Å². The maximum Gasteiger partial charge on any atom is 0.262 e. The molecule has 0 aliphatic carbocycles. The molecule has 2 aromatic carbocycles.